The summed E-state index contributed by atoms with van der Waals surface area (Å²) in [6, 6.07) is 10.5. The minimum Gasteiger partial charge on any atom is -0.496 e. The summed E-state index contributed by atoms with van der Waals surface area (Å²) < 4.78 is 48.9. The fraction of sp³-hybridized carbons (Fsp3) is 0.263. The second-order valence-electron chi connectivity index (χ2n) is 5.92. The highest BCUT2D eigenvalue weighted by Gasteiger charge is 2.34. The molecule has 0 aliphatic rings. The molecule has 2 aromatic rings. The molecule has 7 nitrogen and oxygen atoms in total. The van der Waals surface area contributed by atoms with Crippen LogP contribution in [0.5, 0.6) is 11.5 Å². The molecule has 2 rings (SSSR count). The van der Waals surface area contributed by atoms with Gasteiger partial charge in [0.1, 0.15) is 24.7 Å². The molecule has 10 heteroatoms. The summed E-state index contributed by atoms with van der Waals surface area (Å²) in [4.78, 5) is 5.26. The molecule has 0 aliphatic heterocycles. The Kier molecular flexibility index (Phi) is 7.29. The number of hydrogen-bond acceptors (Lipinski definition) is 6. The van der Waals surface area contributed by atoms with Gasteiger partial charge >= 0.3 is 6.18 Å². The zero-order chi connectivity index (χ0) is 21.4. The van der Waals surface area contributed by atoms with Crippen LogP contribution < -0.4 is 21.1 Å². The number of alkyl halides is 3. The Morgan fingerprint density at radius 1 is 1.10 bits per heavy atom. The third kappa shape index (κ3) is 6.30. The van der Waals surface area contributed by atoms with Gasteiger partial charge in [-0.2, -0.15) is 18.3 Å². The monoisotopic (exact) mass is 410 g/mol. The van der Waals surface area contributed by atoms with Gasteiger partial charge in [0.05, 0.1) is 18.4 Å². The van der Waals surface area contributed by atoms with Gasteiger partial charge in [-0.15, -0.1) is 0 Å². The van der Waals surface area contributed by atoms with E-state index in [-0.39, 0.29) is 24.8 Å². The maximum atomic E-state index is 12.9. The molecule has 29 heavy (non-hydrogen) atoms. The number of halogens is 3. The number of rotatable bonds is 8. The Balaban J connectivity index is 1.98. The summed E-state index contributed by atoms with van der Waals surface area (Å²) in [5.74, 6) is 5.50. The zero-order valence-electron chi connectivity index (χ0n) is 15.9. The van der Waals surface area contributed by atoms with Crippen LogP contribution >= 0.6 is 0 Å². The molecule has 156 valence electrons. The number of ether oxygens (including phenoxy) is 2. The minimum atomic E-state index is -4.49. The summed E-state index contributed by atoms with van der Waals surface area (Å²) in [5.41, 5.74) is 6.46. The van der Waals surface area contributed by atoms with E-state index in [9.17, 15) is 13.2 Å². The number of hydrazone groups is 1. The molecule has 2 aromatic carbocycles. The lowest BCUT2D eigenvalue weighted by atomic mass is 10.1. The minimum absolute atomic E-state index is 0.00919. The lowest BCUT2D eigenvalue weighted by Gasteiger charge is -2.13. The molecule has 4 N–H and O–H groups in total. The van der Waals surface area contributed by atoms with Gasteiger partial charge in [0, 0.05) is 0 Å². The van der Waals surface area contributed by atoms with Gasteiger partial charge in [0.25, 0.3) is 0 Å². The van der Waals surface area contributed by atoms with E-state index in [1.165, 1.54) is 19.2 Å². The second kappa shape index (κ2) is 9.67. The highest BCUT2D eigenvalue weighted by atomic mass is 19.4. The molecule has 0 saturated carbocycles. The predicted molar refractivity (Wildman–Crippen MR) is 103 cm³/mol. The van der Waals surface area contributed by atoms with Crippen molar-refractivity contribution < 1.29 is 27.5 Å². The highest BCUT2D eigenvalue weighted by Crippen LogP contribution is 2.36. The number of nitrogens with two attached hydrogens (primary N) is 2. The Morgan fingerprint density at radius 3 is 2.38 bits per heavy atom. The molecular weight excluding hydrogens is 389 g/mol. The summed E-state index contributed by atoms with van der Waals surface area (Å²) in [5, 5.41) is 7.30. The largest absolute Gasteiger partial charge is 0.496 e. The van der Waals surface area contributed by atoms with Gasteiger partial charge in [0.15, 0.2) is 5.84 Å². The van der Waals surface area contributed by atoms with Crippen LogP contribution in [0.2, 0.25) is 0 Å². The molecular formula is C19H21F3N4O3. The van der Waals surface area contributed by atoms with E-state index in [2.05, 4.69) is 10.3 Å². The Hall–Kier alpha value is -3.43. The SMILES string of the molecule is COc1cc(CO/N=C(\C)c2ccc(OC/C(N)=N/N)cc2)ccc1C(F)(F)F. The third-order valence-corrected chi connectivity index (χ3v) is 3.83. The zero-order valence-corrected chi connectivity index (χ0v) is 15.9. The predicted octanol–water partition coefficient (Wildman–Crippen LogP) is 3.26. The number of nitrogens with zero attached hydrogens (tertiary/aromatic N) is 2. The van der Waals surface area contributed by atoms with E-state index in [1.54, 1.807) is 31.2 Å². The molecule has 0 aliphatic carbocycles. The first-order valence-electron chi connectivity index (χ1n) is 8.40. The van der Waals surface area contributed by atoms with Crippen molar-refractivity contribution in [1.82, 2.24) is 0 Å². The summed E-state index contributed by atoms with van der Waals surface area (Å²) in [6.07, 6.45) is -4.49. The average Bonchev–Trinajstić information content (AvgIpc) is 2.71. The van der Waals surface area contributed by atoms with Gasteiger partial charge in [-0.25, -0.2) is 0 Å². The maximum absolute atomic E-state index is 12.9. The highest BCUT2D eigenvalue weighted by molar-refractivity contribution is 5.98. The third-order valence-electron chi connectivity index (χ3n) is 3.83. The van der Waals surface area contributed by atoms with E-state index in [1.807, 2.05) is 0 Å². The van der Waals surface area contributed by atoms with Crippen LogP contribution in [0, 0.1) is 0 Å². The first-order valence-corrected chi connectivity index (χ1v) is 8.40. The number of oxime groups is 1. The molecule has 0 atom stereocenters. The second-order valence-corrected chi connectivity index (χ2v) is 5.92. The Morgan fingerprint density at radius 2 is 1.79 bits per heavy atom. The maximum Gasteiger partial charge on any atom is 0.419 e. The van der Waals surface area contributed by atoms with Gasteiger partial charge in [-0.1, -0.05) is 11.2 Å². The standard InChI is InChI=1S/C19H21F3N4O3/c1-12(14-4-6-15(7-5-14)28-11-18(23)25-24)26-29-10-13-3-8-16(19(20,21)22)17(9-13)27-2/h3-9H,10-11,24H2,1-2H3,(H2,23,25)/b26-12+. The molecule has 0 bridgehead atoms. The van der Waals surface area contributed by atoms with Crippen molar-refractivity contribution in [3.8, 4) is 11.5 Å². The average molecular weight is 410 g/mol. The normalized spacial score (nSPS) is 12.6. The molecule has 0 aromatic heterocycles. The van der Waals surface area contributed by atoms with Crippen LogP contribution in [0.15, 0.2) is 52.7 Å². The number of methoxy groups -OCH3 is 1. The molecule has 0 spiro atoms. The summed E-state index contributed by atoms with van der Waals surface area (Å²) in [7, 11) is 1.18. The van der Waals surface area contributed by atoms with E-state index in [4.69, 9.17) is 25.9 Å². The van der Waals surface area contributed by atoms with Crippen LogP contribution in [0.1, 0.15) is 23.6 Å². The van der Waals surface area contributed by atoms with Gasteiger partial charge < -0.3 is 25.9 Å². The lowest BCUT2D eigenvalue weighted by molar-refractivity contribution is -0.138. The van der Waals surface area contributed by atoms with E-state index >= 15 is 0 Å². The Labute approximate surface area is 165 Å². The molecule has 0 amide bonds. The van der Waals surface area contributed by atoms with Gasteiger partial charge in [0.2, 0.25) is 0 Å². The van der Waals surface area contributed by atoms with E-state index in [0.717, 1.165) is 11.6 Å². The fourth-order valence-electron chi connectivity index (χ4n) is 2.30. The van der Waals surface area contributed by atoms with Crippen molar-refractivity contribution in [1.29, 1.82) is 0 Å². The summed E-state index contributed by atoms with van der Waals surface area (Å²) >= 11 is 0. The van der Waals surface area contributed by atoms with Crippen LogP contribution in [-0.4, -0.2) is 25.3 Å². The fourth-order valence-corrected chi connectivity index (χ4v) is 2.30. The lowest BCUT2D eigenvalue weighted by Crippen LogP contribution is -2.22. The van der Waals surface area contributed by atoms with Crippen molar-refractivity contribution >= 4 is 11.5 Å². The molecule has 0 heterocycles. The first-order chi connectivity index (χ1) is 13.7. The van der Waals surface area contributed by atoms with Crippen LogP contribution in [0.3, 0.4) is 0 Å². The molecule has 0 unspecified atom stereocenters. The van der Waals surface area contributed by atoms with E-state index < -0.39 is 11.7 Å². The van der Waals surface area contributed by atoms with Crippen molar-refractivity contribution in [2.75, 3.05) is 13.7 Å². The van der Waals surface area contributed by atoms with Crippen molar-refractivity contribution in [2.24, 2.45) is 21.8 Å². The van der Waals surface area contributed by atoms with Gasteiger partial charge in [-0.3, -0.25) is 0 Å². The first kappa shape index (κ1) is 21.9. The van der Waals surface area contributed by atoms with Crippen LogP contribution in [0.25, 0.3) is 0 Å². The number of hydrogen-bond donors (Lipinski definition) is 2. The number of amidine groups is 1. The van der Waals surface area contributed by atoms with Crippen molar-refractivity contribution in [2.45, 2.75) is 19.7 Å². The van der Waals surface area contributed by atoms with Crippen LogP contribution in [0.4, 0.5) is 13.2 Å². The van der Waals surface area contributed by atoms with Crippen molar-refractivity contribution in [3.05, 3.63) is 59.2 Å². The molecule has 0 radical (unpaired) electrons. The van der Waals surface area contributed by atoms with E-state index in [0.29, 0.717) is 17.0 Å². The number of benzene rings is 2. The topological polar surface area (TPSA) is 104 Å². The Bertz CT molecular complexity index is 881. The smallest absolute Gasteiger partial charge is 0.419 e. The van der Waals surface area contributed by atoms with Crippen molar-refractivity contribution in [3.63, 3.8) is 0 Å². The molecule has 0 fully saturated rings. The van der Waals surface area contributed by atoms with Crippen LogP contribution in [-0.2, 0) is 17.6 Å². The quantitative estimate of drug-likeness (QED) is 0.301. The summed E-state index contributed by atoms with van der Waals surface area (Å²) in [6.45, 7) is 1.80. The van der Waals surface area contributed by atoms with Gasteiger partial charge in [-0.05, 0) is 54.4 Å². The molecule has 0 saturated heterocycles.